The van der Waals surface area contributed by atoms with Crippen LogP contribution in [0.5, 0.6) is 0 Å². The topological polar surface area (TPSA) is 46.5 Å². The van der Waals surface area contributed by atoms with Crippen LogP contribution in [0.1, 0.15) is 24.2 Å². The second-order valence-electron chi connectivity index (χ2n) is 3.61. The van der Waals surface area contributed by atoms with Crippen LogP contribution >= 0.6 is 0 Å². The summed E-state index contributed by atoms with van der Waals surface area (Å²) in [6, 6.07) is 7.46. The van der Waals surface area contributed by atoms with E-state index in [1.54, 1.807) is 6.92 Å². The zero-order valence-electron chi connectivity index (χ0n) is 9.23. The van der Waals surface area contributed by atoms with E-state index in [1.165, 1.54) is 7.11 Å². The first-order chi connectivity index (χ1) is 7.07. The number of carbonyl (C=O) groups is 1. The maximum absolute atomic E-state index is 11.3. The molecule has 0 saturated carbocycles. The lowest BCUT2D eigenvalue weighted by atomic mass is 9.94. The van der Waals surface area contributed by atoms with Gasteiger partial charge in [0.25, 0.3) is 0 Å². The zero-order valence-corrected chi connectivity index (χ0v) is 9.23. The molecule has 0 spiro atoms. The molecule has 0 saturated heterocycles. The van der Waals surface area contributed by atoms with E-state index < -0.39 is 18.0 Å². The van der Waals surface area contributed by atoms with Crippen molar-refractivity contribution < 1.29 is 14.6 Å². The van der Waals surface area contributed by atoms with Crippen molar-refractivity contribution in [2.45, 2.75) is 20.0 Å². The molecule has 0 heterocycles. The molecule has 82 valence electrons. The summed E-state index contributed by atoms with van der Waals surface area (Å²) in [7, 11) is 1.32. The van der Waals surface area contributed by atoms with Gasteiger partial charge in [-0.2, -0.15) is 0 Å². The highest BCUT2D eigenvalue weighted by Crippen LogP contribution is 2.25. The summed E-state index contributed by atoms with van der Waals surface area (Å²) in [4.78, 5) is 11.3. The van der Waals surface area contributed by atoms with Crippen LogP contribution in [0.15, 0.2) is 24.3 Å². The van der Waals surface area contributed by atoms with E-state index in [1.807, 2.05) is 31.2 Å². The fraction of sp³-hybridized carbons (Fsp3) is 0.417. The van der Waals surface area contributed by atoms with Crippen LogP contribution in [-0.2, 0) is 9.53 Å². The second-order valence-corrected chi connectivity index (χ2v) is 3.61. The average Bonchev–Trinajstić information content (AvgIpc) is 2.26. The minimum Gasteiger partial charge on any atom is -0.469 e. The molecule has 2 atom stereocenters. The SMILES string of the molecule is COC(=O)C(C)C(O)c1ccccc1C. The molecule has 0 aliphatic carbocycles. The highest BCUT2D eigenvalue weighted by atomic mass is 16.5. The molecule has 1 aromatic rings. The standard InChI is InChI=1S/C12H16O3/c1-8-6-4-5-7-10(8)11(13)9(2)12(14)15-3/h4-7,9,11,13H,1-3H3. The van der Waals surface area contributed by atoms with Crippen molar-refractivity contribution in [3.05, 3.63) is 35.4 Å². The lowest BCUT2D eigenvalue weighted by molar-refractivity contribution is -0.148. The van der Waals surface area contributed by atoms with Gasteiger partial charge in [-0.1, -0.05) is 24.3 Å². The molecule has 0 aliphatic heterocycles. The van der Waals surface area contributed by atoms with Gasteiger partial charge >= 0.3 is 5.97 Å². The van der Waals surface area contributed by atoms with Gasteiger partial charge in [0.05, 0.1) is 19.1 Å². The number of methoxy groups -OCH3 is 1. The quantitative estimate of drug-likeness (QED) is 0.771. The summed E-state index contributed by atoms with van der Waals surface area (Å²) in [5.74, 6) is -0.943. The first-order valence-corrected chi connectivity index (χ1v) is 4.89. The first kappa shape index (κ1) is 11.7. The smallest absolute Gasteiger partial charge is 0.311 e. The first-order valence-electron chi connectivity index (χ1n) is 4.89. The number of rotatable bonds is 3. The van der Waals surface area contributed by atoms with Crippen LogP contribution < -0.4 is 0 Å². The van der Waals surface area contributed by atoms with E-state index in [0.29, 0.717) is 0 Å². The van der Waals surface area contributed by atoms with Gasteiger partial charge in [0.15, 0.2) is 0 Å². The molecule has 1 aromatic carbocycles. The number of aliphatic hydroxyl groups is 1. The second kappa shape index (κ2) is 4.94. The Bertz CT molecular complexity index is 346. The largest absolute Gasteiger partial charge is 0.469 e. The molecule has 1 N–H and O–H groups in total. The average molecular weight is 208 g/mol. The highest BCUT2D eigenvalue weighted by molar-refractivity contribution is 5.72. The van der Waals surface area contributed by atoms with Gasteiger partial charge in [0, 0.05) is 0 Å². The maximum atomic E-state index is 11.3. The van der Waals surface area contributed by atoms with Crippen LogP contribution in [0, 0.1) is 12.8 Å². The Hall–Kier alpha value is -1.35. The zero-order chi connectivity index (χ0) is 11.4. The molecule has 3 heteroatoms. The molecule has 15 heavy (non-hydrogen) atoms. The summed E-state index contributed by atoms with van der Waals surface area (Å²) in [6.07, 6.45) is -0.807. The Kier molecular flexibility index (Phi) is 3.86. The van der Waals surface area contributed by atoms with Gasteiger partial charge in [0.2, 0.25) is 0 Å². The molecule has 0 fully saturated rings. The minimum atomic E-state index is -0.807. The lowest BCUT2D eigenvalue weighted by Gasteiger charge is -2.18. The normalized spacial score (nSPS) is 14.4. The fourth-order valence-electron chi connectivity index (χ4n) is 1.50. The summed E-state index contributed by atoms with van der Waals surface area (Å²) < 4.78 is 4.60. The molecule has 0 aliphatic rings. The Labute approximate surface area is 89.7 Å². The number of ether oxygens (including phenoxy) is 1. The minimum absolute atomic E-state index is 0.397. The predicted octanol–water partition coefficient (Wildman–Crippen LogP) is 1.84. The number of hydrogen-bond acceptors (Lipinski definition) is 3. The third-order valence-electron chi connectivity index (χ3n) is 2.55. The third-order valence-corrected chi connectivity index (χ3v) is 2.55. The van der Waals surface area contributed by atoms with Gasteiger partial charge < -0.3 is 9.84 Å². The Balaban J connectivity index is 2.89. The number of hydrogen-bond donors (Lipinski definition) is 1. The molecular weight excluding hydrogens is 192 g/mol. The van der Waals surface area contributed by atoms with E-state index in [0.717, 1.165) is 11.1 Å². The summed E-state index contributed by atoms with van der Waals surface area (Å²) in [5.41, 5.74) is 1.75. The van der Waals surface area contributed by atoms with Crippen LogP contribution in [0.25, 0.3) is 0 Å². The Morgan fingerprint density at radius 1 is 1.40 bits per heavy atom. The van der Waals surface area contributed by atoms with Crippen LogP contribution in [0.2, 0.25) is 0 Å². The van der Waals surface area contributed by atoms with Gasteiger partial charge in [-0.3, -0.25) is 4.79 Å². The van der Waals surface area contributed by atoms with Gasteiger partial charge in [-0.05, 0) is 25.0 Å². The van der Waals surface area contributed by atoms with Gasteiger partial charge in [-0.15, -0.1) is 0 Å². The van der Waals surface area contributed by atoms with Crippen molar-refractivity contribution in [3.63, 3.8) is 0 Å². The van der Waals surface area contributed by atoms with Gasteiger partial charge in [0.1, 0.15) is 0 Å². The van der Waals surface area contributed by atoms with E-state index in [9.17, 15) is 9.90 Å². The van der Waals surface area contributed by atoms with Crippen molar-refractivity contribution in [2.24, 2.45) is 5.92 Å². The van der Waals surface area contributed by atoms with Crippen molar-refractivity contribution in [1.82, 2.24) is 0 Å². The number of carbonyl (C=O) groups excluding carboxylic acids is 1. The van der Waals surface area contributed by atoms with Crippen LogP contribution in [0.3, 0.4) is 0 Å². The molecule has 0 aromatic heterocycles. The maximum Gasteiger partial charge on any atom is 0.311 e. The van der Waals surface area contributed by atoms with E-state index in [2.05, 4.69) is 4.74 Å². The summed E-state index contributed by atoms with van der Waals surface area (Å²) >= 11 is 0. The van der Waals surface area contributed by atoms with Crippen molar-refractivity contribution in [1.29, 1.82) is 0 Å². The number of aliphatic hydroxyl groups excluding tert-OH is 1. The third kappa shape index (κ3) is 2.57. The highest BCUT2D eigenvalue weighted by Gasteiger charge is 2.24. The Morgan fingerprint density at radius 3 is 2.53 bits per heavy atom. The molecule has 1 rings (SSSR count). The summed E-state index contributed by atoms with van der Waals surface area (Å²) in [6.45, 7) is 3.56. The van der Waals surface area contributed by atoms with E-state index >= 15 is 0 Å². The number of aryl methyl sites for hydroxylation is 1. The molecule has 2 unspecified atom stereocenters. The van der Waals surface area contributed by atoms with E-state index in [4.69, 9.17) is 0 Å². The molecular formula is C12H16O3. The van der Waals surface area contributed by atoms with Crippen molar-refractivity contribution >= 4 is 5.97 Å². The number of benzene rings is 1. The van der Waals surface area contributed by atoms with E-state index in [-0.39, 0.29) is 0 Å². The van der Waals surface area contributed by atoms with Crippen LogP contribution in [0.4, 0.5) is 0 Å². The lowest BCUT2D eigenvalue weighted by Crippen LogP contribution is -2.21. The van der Waals surface area contributed by atoms with Gasteiger partial charge in [-0.25, -0.2) is 0 Å². The monoisotopic (exact) mass is 208 g/mol. The van der Waals surface area contributed by atoms with Crippen molar-refractivity contribution in [2.75, 3.05) is 7.11 Å². The Morgan fingerprint density at radius 2 is 2.00 bits per heavy atom. The summed E-state index contributed by atoms with van der Waals surface area (Å²) in [5, 5.41) is 9.97. The predicted molar refractivity (Wildman–Crippen MR) is 57.3 cm³/mol. The molecule has 0 radical (unpaired) electrons. The molecule has 0 bridgehead atoms. The molecule has 0 amide bonds. The fourth-order valence-corrected chi connectivity index (χ4v) is 1.50. The van der Waals surface area contributed by atoms with Crippen molar-refractivity contribution in [3.8, 4) is 0 Å². The number of esters is 1. The molecule has 3 nitrogen and oxygen atoms in total. The van der Waals surface area contributed by atoms with Crippen LogP contribution in [-0.4, -0.2) is 18.2 Å².